The van der Waals surface area contributed by atoms with Gasteiger partial charge in [-0.3, -0.25) is 4.57 Å². The van der Waals surface area contributed by atoms with Gasteiger partial charge in [0.2, 0.25) is 5.71 Å². The summed E-state index contributed by atoms with van der Waals surface area (Å²) in [4.78, 5) is 4.98. The molecule has 13 rings (SSSR count). The average Bonchev–Trinajstić information content (AvgIpc) is 3.99. The van der Waals surface area contributed by atoms with Crippen LogP contribution in [0.25, 0.3) is 60.6 Å². The molecule has 0 spiro atoms. The maximum atomic E-state index is 6.98. The first kappa shape index (κ1) is 41.7. The van der Waals surface area contributed by atoms with Crippen molar-refractivity contribution in [2.75, 3.05) is 9.80 Å². The van der Waals surface area contributed by atoms with Crippen molar-refractivity contribution in [3.8, 4) is 5.69 Å². The summed E-state index contributed by atoms with van der Waals surface area (Å²) in [5, 5.41) is 5.76. The summed E-state index contributed by atoms with van der Waals surface area (Å²) in [6, 6.07) is 58.9. The van der Waals surface area contributed by atoms with E-state index in [1.165, 1.54) is 54.9 Å². The average molecular weight is 898 g/mol. The summed E-state index contributed by atoms with van der Waals surface area (Å²) in [6.45, 7) is 22.9. The summed E-state index contributed by atoms with van der Waals surface area (Å²) in [5.74, 6) is 0. The number of aryl methyl sites for hydroxylation is 1. The van der Waals surface area contributed by atoms with Crippen LogP contribution in [0.5, 0.6) is 0 Å². The van der Waals surface area contributed by atoms with E-state index < -0.39 is 0 Å². The Morgan fingerprint density at radius 1 is 0.435 bits per heavy atom. The van der Waals surface area contributed by atoms with Gasteiger partial charge in [-0.15, -0.1) is 0 Å². The summed E-state index contributed by atoms with van der Waals surface area (Å²) < 4.78 is 16.1. The van der Waals surface area contributed by atoms with Crippen LogP contribution in [0, 0.1) is 6.92 Å². The number of para-hydroxylation sites is 2. The van der Waals surface area contributed by atoms with E-state index in [0.29, 0.717) is 0 Å². The third-order valence-corrected chi connectivity index (χ3v) is 15.1. The van der Waals surface area contributed by atoms with E-state index in [1.807, 2.05) is 0 Å². The Morgan fingerprint density at radius 2 is 1.00 bits per heavy atom. The Balaban J connectivity index is 1.14. The van der Waals surface area contributed by atoms with Crippen molar-refractivity contribution in [3.05, 3.63) is 180 Å². The van der Waals surface area contributed by atoms with E-state index in [0.717, 1.165) is 78.4 Å². The normalized spacial score (nSPS) is 13.6. The van der Waals surface area contributed by atoms with Crippen LogP contribution in [0.15, 0.2) is 167 Å². The quantitative estimate of drug-likeness (QED) is 0.165. The minimum absolute atomic E-state index is 0.0257. The van der Waals surface area contributed by atoms with Crippen molar-refractivity contribution in [2.45, 2.75) is 85.5 Å². The number of aromatic nitrogens is 1. The topological polar surface area (TPSA) is 37.7 Å². The first-order valence-electron chi connectivity index (χ1n) is 24.5. The number of hydrogen-bond acceptors (Lipinski definition) is 4. The predicted molar refractivity (Wildman–Crippen MR) is 293 cm³/mol. The van der Waals surface area contributed by atoms with Crippen LogP contribution in [0.2, 0.25) is 0 Å². The van der Waals surface area contributed by atoms with Gasteiger partial charge in [-0.25, -0.2) is 0 Å². The van der Waals surface area contributed by atoms with Gasteiger partial charge in [0.05, 0.1) is 22.0 Å². The van der Waals surface area contributed by atoms with Crippen LogP contribution in [0.4, 0.5) is 34.1 Å². The highest BCUT2D eigenvalue weighted by molar-refractivity contribution is 7.00. The molecule has 5 nitrogen and oxygen atoms in total. The Hall–Kier alpha value is -7.44. The highest BCUT2D eigenvalue weighted by atomic mass is 16.3. The molecule has 0 fully saturated rings. The molecule has 2 aliphatic rings. The van der Waals surface area contributed by atoms with Crippen molar-refractivity contribution in [2.24, 2.45) is 0 Å². The van der Waals surface area contributed by atoms with E-state index in [1.54, 1.807) is 0 Å². The first-order chi connectivity index (χ1) is 33.0. The van der Waals surface area contributed by atoms with Crippen molar-refractivity contribution in [1.82, 2.24) is 4.57 Å². The van der Waals surface area contributed by atoms with Gasteiger partial charge >= 0.3 is 0 Å². The minimum Gasteiger partial charge on any atom is -0.456 e. The molecule has 2 aliphatic heterocycles. The van der Waals surface area contributed by atoms with E-state index in [9.17, 15) is 0 Å². The molecule has 0 amide bonds. The van der Waals surface area contributed by atoms with Crippen molar-refractivity contribution < 1.29 is 8.83 Å². The first-order valence-corrected chi connectivity index (χ1v) is 24.5. The van der Waals surface area contributed by atoms with Crippen molar-refractivity contribution in [3.63, 3.8) is 0 Å². The summed E-state index contributed by atoms with van der Waals surface area (Å²) >= 11 is 0. The fourth-order valence-corrected chi connectivity index (χ4v) is 11.5. The molecule has 0 radical (unpaired) electrons. The highest BCUT2D eigenvalue weighted by Gasteiger charge is 2.44. The second-order valence-corrected chi connectivity index (χ2v) is 22.7. The number of rotatable bonds is 4. The number of furan rings is 2. The second kappa shape index (κ2) is 14.3. The van der Waals surface area contributed by atoms with Gasteiger partial charge < -0.3 is 18.6 Å². The van der Waals surface area contributed by atoms with Gasteiger partial charge in [0.15, 0.2) is 0 Å². The largest absolute Gasteiger partial charge is 0.456 e. The van der Waals surface area contributed by atoms with Crippen LogP contribution in [0.3, 0.4) is 0 Å². The van der Waals surface area contributed by atoms with Gasteiger partial charge in [-0.2, -0.15) is 0 Å². The number of benzene rings is 8. The molecule has 5 heterocycles. The van der Waals surface area contributed by atoms with E-state index in [-0.39, 0.29) is 23.0 Å². The molecule has 69 heavy (non-hydrogen) atoms. The molecular formula is C63H56BN3O2. The molecule has 0 bridgehead atoms. The maximum absolute atomic E-state index is 6.98. The van der Waals surface area contributed by atoms with Crippen molar-refractivity contribution in [1.29, 1.82) is 0 Å². The third-order valence-electron chi connectivity index (χ3n) is 15.1. The zero-order valence-electron chi connectivity index (χ0n) is 41.2. The smallest absolute Gasteiger partial charge is 0.252 e. The van der Waals surface area contributed by atoms with E-state index in [2.05, 4.69) is 241 Å². The lowest BCUT2D eigenvalue weighted by Gasteiger charge is -2.41. The zero-order chi connectivity index (χ0) is 47.5. The molecular weight excluding hydrogens is 842 g/mol. The van der Waals surface area contributed by atoms with Crippen LogP contribution < -0.4 is 26.2 Å². The molecule has 0 N–H and O–H groups in total. The highest BCUT2D eigenvalue weighted by Crippen LogP contribution is 2.49. The Bertz CT molecular complexity index is 3860. The van der Waals surface area contributed by atoms with Crippen molar-refractivity contribution >= 4 is 112 Å². The van der Waals surface area contributed by atoms with Gasteiger partial charge in [0, 0.05) is 50.3 Å². The van der Waals surface area contributed by atoms with Crippen LogP contribution in [-0.4, -0.2) is 11.3 Å². The molecule has 3 aromatic heterocycles. The van der Waals surface area contributed by atoms with Gasteiger partial charge in [0.1, 0.15) is 16.7 Å². The molecule has 8 aromatic carbocycles. The monoisotopic (exact) mass is 897 g/mol. The molecule has 0 aliphatic carbocycles. The van der Waals surface area contributed by atoms with Gasteiger partial charge in [0.25, 0.3) is 6.71 Å². The molecule has 6 heteroatoms. The lowest BCUT2D eigenvalue weighted by molar-refractivity contribution is 0.590. The summed E-state index contributed by atoms with van der Waals surface area (Å²) in [6.07, 6.45) is 0. The lowest BCUT2D eigenvalue weighted by atomic mass is 9.33. The SMILES string of the molecule is Cc1cc2c3c(c1)-n1c4oc5ccccc5c4c4cc(C(C)(C)C)cc(c41)B3c1ccc(N(c3ccc(C(C)(C)C)cc3)c3ccc(C(C)(C)C)cc3)cc1N2c1cccc2oc3ccccc3c12. The van der Waals surface area contributed by atoms with E-state index >= 15 is 0 Å². The number of hydrogen-bond donors (Lipinski definition) is 0. The molecule has 11 aromatic rings. The number of nitrogens with zero attached hydrogens (tertiary/aromatic N) is 3. The Morgan fingerprint density at radius 3 is 1.64 bits per heavy atom. The summed E-state index contributed by atoms with van der Waals surface area (Å²) in [5.41, 5.74) is 21.5. The Kier molecular flexibility index (Phi) is 8.65. The third kappa shape index (κ3) is 6.16. The molecule has 0 unspecified atom stereocenters. The van der Waals surface area contributed by atoms with Gasteiger partial charge in [-0.1, -0.05) is 141 Å². The zero-order valence-corrected chi connectivity index (χ0v) is 41.2. The molecule has 338 valence electrons. The molecule has 0 saturated carbocycles. The summed E-state index contributed by atoms with van der Waals surface area (Å²) in [7, 11) is 0. The fraction of sp³-hybridized carbons (Fsp3) is 0.206. The predicted octanol–water partition coefficient (Wildman–Crippen LogP) is 15.7. The Labute approximate surface area is 404 Å². The minimum atomic E-state index is -0.105. The molecule has 0 atom stereocenters. The van der Waals surface area contributed by atoms with Crippen LogP contribution >= 0.6 is 0 Å². The van der Waals surface area contributed by atoms with Crippen LogP contribution in [0.1, 0.15) is 84.6 Å². The molecule has 0 saturated heterocycles. The standard InChI is InChI=1S/C63H56BN3O2/c1-37-32-51-58-52(33-37)67-59-46(56-44-16-11-14-20-54(44)69-60(56)67)34-40(63(8,9)10)35-48(59)64(58)47-31-30-43(36-50(47)66(51)49-18-15-21-55-57(49)45-17-12-13-19-53(45)68-55)65(41-26-22-38(23-27-41)61(2,3)4)42-28-24-39(25-29-42)62(5,6)7/h11-36H,1-10H3. The van der Waals surface area contributed by atoms with Gasteiger partial charge in [-0.05, 0) is 141 Å². The number of anilines is 6. The number of fused-ring (bicyclic) bond motifs is 12. The second-order valence-electron chi connectivity index (χ2n) is 22.7. The fourth-order valence-electron chi connectivity index (χ4n) is 11.5. The maximum Gasteiger partial charge on any atom is 0.252 e. The van der Waals surface area contributed by atoms with E-state index in [4.69, 9.17) is 8.83 Å². The van der Waals surface area contributed by atoms with Crippen LogP contribution in [-0.2, 0) is 16.2 Å². The lowest BCUT2D eigenvalue weighted by Crippen LogP contribution is -2.60.